The molecule has 21 heavy (non-hydrogen) atoms. The van der Waals surface area contributed by atoms with E-state index >= 15 is 0 Å². The highest BCUT2D eigenvalue weighted by Crippen LogP contribution is 2.17. The molecule has 1 heterocycles. The van der Waals surface area contributed by atoms with E-state index in [1.165, 1.54) is 10.6 Å². The molecule has 5 heteroatoms. The van der Waals surface area contributed by atoms with Crippen molar-refractivity contribution in [1.29, 1.82) is 0 Å². The number of rotatable bonds is 5. The van der Waals surface area contributed by atoms with Crippen LogP contribution in [0.5, 0.6) is 0 Å². The van der Waals surface area contributed by atoms with Crippen molar-refractivity contribution in [1.82, 2.24) is 10.3 Å². The van der Waals surface area contributed by atoms with Crippen molar-refractivity contribution in [2.24, 2.45) is 5.10 Å². The Bertz CT molecular complexity index is 540. The molecule has 5 nitrogen and oxygen atoms in total. The summed E-state index contributed by atoms with van der Waals surface area (Å²) >= 11 is 0. The molecule has 0 saturated carbocycles. The minimum absolute atomic E-state index is 0.0516. The Morgan fingerprint density at radius 2 is 2.05 bits per heavy atom. The SMILES string of the molecule is C[C@@H](CCNC(=O)C1=NN(C)C(=O)CC1)c1ccccc1. The zero-order chi connectivity index (χ0) is 15.2. The van der Waals surface area contributed by atoms with Crippen LogP contribution in [0, 0.1) is 0 Å². The molecule has 1 atom stereocenters. The van der Waals surface area contributed by atoms with Crippen molar-refractivity contribution in [3.63, 3.8) is 0 Å². The summed E-state index contributed by atoms with van der Waals surface area (Å²) in [4.78, 5) is 23.3. The Kier molecular flexibility index (Phi) is 5.09. The van der Waals surface area contributed by atoms with Gasteiger partial charge in [0.05, 0.1) is 0 Å². The molecular weight excluding hydrogens is 266 g/mol. The van der Waals surface area contributed by atoms with Gasteiger partial charge in [0.1, 0.15) is 5.71 Å². The smallest absolute Gasteiger partial charge is 0.267 e. The third kappa shape index (κ3) is 4.15. The quantitative estimate of drug-likeness (QED) is 0.899. The van der Waals surface area contributed by atoms with Gasteiger partial charge >= 0.3 is 0 Å². The lowest BCUT2D eigenvalue weighted by molar-refractivity contribution is -0.130. The number of nitrogens with zero attached hydrogens (tertiary/aromatic N) is 2. The summed E-state index contributed by atoms with van der Waals surface area (Å²) < 4.78 is 0. The third-order valence-corrected chi connectivity index (χ3v) is 3.70. The fourth-order valence-electron chi connectivity index (χ4n) is 2.29. The fourth-order valence-corrected chi connectivity index (χ4v) is 2.29. The number of hydrogen-bond donors (Lipinski definition) is 1. The van der Waals surface area contributed by atoms with Gasteiger partial charge in [-0.25, -0.2) is 5.01 Å². The van der Waals surface area contributed by atoms with Crippen molar-refractivity contribution >= 4 is 17.5 Å². The Morgan fingerprint density at radius 3 is 2.71 bits per heavy atom. The summed E-state index contributed by atoms with van der Waals surface area (Å²) in [6.07, 6.45) is 1.64. The van der Waals surface area contributed by atoms with Gasteiger partial charge in [-0.05, 0) is 17.9 Å². The second-order valence-electron chi connectivity index (χ2n) is 5.32. The molecule has 0 radical (unpaired) electrons. The molecule has 2 amide bonds. The summed E-state index contributed by atoms with van der Waals surface area (Å²) in [5, 5.41) is 8.13. The lowest BCUT2D eigenvalue weighted by atomic mass is 9.98. The largest absolute Gasteiger partial charge is 0.351 e. The molecule has 0 fully saturated rings. The summed E-state index contributed by atoms with van der Waals surface area (Å²) in [5.41, 5.74) is 1.71. The standard InChI is InChI=1S/C16H21N3O2/c1-12(13-6-4-3-5-7-13)10-11-17-16(21)14-8-9-15(20)19(2)18-14/h3-7,12H,8-11H2,1-2H3,(H,17,21)/t12-/m0/s1. The lowest BCUT2D eigenvalue weighted by Crippen LogP contribution is -2.38. The zero-order valence-electron chi connectivity index (χ0n) is 12.5. The number of carbonyl (C=O) groups excluding carboxylic acids is 2. The van der Waals surface area contributed by atoms with E-state index in [0.717, 1.165) is 6.42 Å². The van der Waals surface area contributed by atoms with Gasteiger partial charge < -0.3 is 5.32 Å². The Morgan fingerprint density at radius 1 is 1.33 bits per heavy atom. The van der Waals surface area contributed by atoms with Gasteiger partial charge in [0.2, 0.25) is 5.91 Å². The Balaban J connectivity index is 1.80. The van der Waals surface area contributed by atoms with Gasteiger partial charge in [-0.3, -0.25) is 9.59 Å². The van der Waals surface area contributed by atoms with Crippen LogP contribution >= 0.6 is 0 Å². The fraction of sp³-hybridized carbons (Fsp3) is 0.438. The topological polar surface area (TPSA) is 61.8 Å². The van der Waals surface area contributed by atoms with Crippen LogP contribution in [-0.4, -0.2) is 36.1 Å². The predicted octanol–water partition coefficient (Wildman–Crippen LogP) is 1.90. The minimum atomic E-state index is -0.172. The first-order valence-corrected chi connectivity index (χ1v) is 7.25. The maximum atomic E-state index is 12.0. The predicted molar refractivity (Wildman–Crippen MR) is 81.9 cm³/mol. The maximum Gasteiger partial charge on any atom is 0.267 e. The first-order valence-electron chi connectivity index (χ1n) is 7.25. The number of nitrogens with one attached hydrogen (secondary N) is 1. The maximum absolute atomic E-state index is 12.0. The van der Waals surface area contributed by atoms with Crippen LogP contribution in [0.2, 0.25) is 0 Å². The summed E-state index contributed by atoms with van der Waals surface area (Å²) in [6.45, 7) is 2.75. The van der Waals surface area contributed by atoms with Crippen molar-refractivity contribution in [3.8, 4) is 0 Å². The highest BCUT2D eigenvalue weighted by Gasteiger charge is 2.21. The molecule has 112 valence electrons. The molecule has 0 bridgehead atoms. The van der Waals surface area contributed by atoms with Crippen LogP contribution in [0.3, 0.4) is 0 Å². The second kappa shape index (κ2) is 7.02. The number of hydrogen-bond acceptors (Lipinski definition) is 3. The van der Waals surface area contributed by atoms with Crippen LogP contribution in [0.4, 0.5) is 0 Å². The molecule has 1 aromatic carbocycles. The molecule has 0 aliphatic carbocycles. The van der Waals surface area contributed by atoms with Crippen molar-refractivity contribution in [2.45, 2.75) is 32.1 Å². The summed E-state index contributed by atoms with van der Waals surface area (Å²) in [5.74, 6) is 0.169. The normalized spacial score (nSPS) is 16.4. The molecule has 0 spiro atoms. The molecular formula is C16H21N3O2. The molecule has 1 N–H and O–H groups in total. The average Bonchev–Trinajstić information content (AvgIpc) is 2.50. The van der Waals surface area contributed by atoms with E-state index in [1.807, 2.05) is 18.2 Å². The van der Waals surface area contributed by atoms with E-state index in [-0.39, 0.29) is 11.8 Å². The molecule has 0 aromatic heterocycles. The molecule has 1 aromatic rings. The lowest BCUT2D eigenvalue weighted by Gasteiger charge is -2.19. The van der Waals surface area contributed by atoms with Crippen LogP contribution in [0.1, 0.15) is 37.7 Å². The van der Waals surface area contributed by atoms with Gasteiger partial charge in [0, 0.05) is 26.4 Å². The molecule has 0 saturated heterocycles. The van der Waals surface area contributed by atoms with E-state index in [4.69, 9.17) is 0 Å². The number of carbonyl (C=O) groups is 2. The first kappa shape index (κ1) is 15.2. The summed E-state index contributed by atoms with van der Waals surface area (Å²) in [6, 6.07) is 10.2. The zero-order valence-corrected chi connectivity index (χ0v) is 12.5. The number of amides is 2. The first-order chi connectivity index (χ1) is 10.1. The number of hydrazone groups is 1. The van der Waals surface area contributed by atoms with Gasteiger partial charge in [0.25, 0.3) is 5.91 Å². The van der Waals surface area contributed by atoms with Gasteiger partial charge in [-0.15, -0.1) is 0 Å². The van der Waals surface area contributed by atoms with E-state index < -0.39 is 0 Å². The average molecular weight is 287 g/mol. The number of benzene rings is 1. The van der Waals surface area contributed by atoms with Crippen molar-refractivity contribution in [2.75, 3.05) is 13.6 Å². The van der Waals surface area contributed by atoms with Gasteiger partial charge in [0.15, 0.2) is 0 Å². The molecule has 0 unspecified atom stereocenters. The van der Waals surface area contributed by atoms with Crippen molar-refractivity contribution in [3.05, 3.63) is 35.9 Å². The van der Waals surface area contributed by atoms with E-state index in [0.29, 0.717) is 31.0 Å². The summed E-state index contributed by atoms with van der Waals surface area (Å²) in [7, 11) is 1.58. The van der Waals surface area contributed by atoms with Gasteiger partial charge in [-0.1, -0.05) is 37.3 Å². The van der Waals surface area contributed by atoms with E-state index in [9.17, 15) is 9.59 Å². The van der Waals surface area contributed by atoms with Gasteiger partial charge in [-0.2, -0.15) is 5.10 Å². The third-order valence-electron chi connectivity index (χ3n) is 3.70. The monoisotopic (exact) mass is 287 g/mol. The molecule has 1 aliphatic heterocycles. The second-order valence-corrected chi connectivity index (χ2v) is 5.32. The van der Waals surface area contributed by atoms with Crippen LogP contribution in [0.25, 0.3) is 0 Å². The van der Waals surface area contributed by atoms with E-state index in [1.54, 1.807) is 7.05 Å². The van der Waals surface area contributed by atoms with Crippen LogP contribution in [0.15, 0.2) is 35.4 Å². The Hall–Kier alpha value is -2.17. The highest BCUT2D eigenvalue weighted by molar-refractivity contribution is 6.39. The molecule has 1 aliphatic rings. The minimum Gasteiger partial charge on any atom is -0.351 e. The van der Waals surface area contributed by atoms with E-state index in [2.05, 4.69) is 29.5 Å². The van der Waals surface area contributed by atoms with Crippen LogP contribution in [-0.2, 0) is 9.59 Å². The highest BCUT2D eigenvalue weighted by atomic mass is 16.2. The molecule has 2 rings (SSSR count). The van der Waals surface area contributed by atoms with Crippen LogP contribution < -0.4 is 5.32 Å². The Labute approximate surface area is 125 Å². The van der Waals surface area contributed by atoms with Crippen molar-refractivity contribution < 1.29 is 9.59 Å².